The summed E-state index contributed by atoms with van der Waals surface area (Å²) in [5.41, 5.74) is 2.51. The number of nitrogens with one attached hydrogen (secondary N) is 2. The van der Waals surface area contributed by atoms with E-state index in [1.165, 1.54) is 5.56 Å². The highest BCUT2D eigenvalue weighted by Gasteiger charge is 1.95. The van der Waals surface area contributed by atoms with Crippen molar-refractivity contribution in [3.05, 3.63) is 60.2 Å². The maximum Gasteiger partial charge on any atom is 0.119 e. The molecule has 22 heavy (non-hydrogen) atoms. The molecule has 0 unspecified atom stereocenters. The van der Waals surface area contributed by atoms with E-state index in [4.69, 9.17) is 4.74 Å². The lowest BCUT2D eigenvalue weighted by Gasteiger charge is -2.09. The van der Waals surface area contributed by atoms with E-state index >= 15 is 0 Å². The van der Waals surface area contributed by atoms with Crippen molar-refractivity contribution in [2.75, 3.05) is 31.6 Å². The van der Waals surface area contributed by atoms with E-state index in [1.54, 1.807) is 0 Å². The molecule has 0 aliphatic carbocycles. The van der Waals surface area contributed by atoms with Crippen LogP contribution in [-0.2, 0) is 6.42 Å². The Morgan fingerprint density at radius 1 is 0.864 bits per heavy atom. The summed E-state index contributed by atoms with van der Waals surface area (Å²) in [5.74, 6) is 0.938. The van der Waals surface area contributed by atoms with Crippen molar-refractivity contribution in [3.63, 3.8) is 0 Å². The van der Waals surface area contributed by atoms with Gasteiger partial charge in [0, 0.05) is 18.8 Å². The van der Waals surface area contributed by atoms with Gasteiger partial charge in [0.1, 0.15) is 5.75 Å². The molecule has 0 amide bonds. The van der Waals surface area contributed by atoms with E-state index in [1.807, 2.05) is 12.1 Å². The molecule has 3 nitrogen and oxygen atoms in total. The highest BCUT2D eigenvalue weighted by atomic mass is 16.5. The molecule has 2 aromatic rings. The van der Waals surface area contributed by atoms with Crippen molar-refractivity contribution in [1.82, 2.24) is 5.32 Å². The summed E-state index contributed by atoms with van der Waals surface area (Å²) in [5, 5.41) is 6.86. The molecule has 0 fully saturated rings. The van der Waals surface area contributed by atoms with E-state index < -0.39 is 0 Å². The van der Waals surface area contributed by atoms with Gasteiger partial charge >= 0.3 is 0 Å². The molecule has 0 saturated carbocycles. The van der Waals surface area contributed by atoms with Crippen LogP contribution in [0.3, 0.4) is 0 Å². The van der Waals surface area contributed by atoms with Crippen LogP contribution in [0.4, 0.5) is 5.69 Å². The first-order valence-corrected chi connectivity index (χ1v) is 8.10. The molecule has 2 N–H and O–H groups in total. The summed E-state index contributed by atoms with van der Waals surface area (Å²) in [7, 11) is 0. The Hall–Kier alpha value is -2.00. The Morgan fingerprint density at radius 2 is 1.64 bits per heavy atom. The Labute approximate surface area is 133 Å². The number of hydrogen-bond donors (Lipinski definition) is 2. The van der Waals surface area contributed by atoms with Crippen LogP contribution in [0.1, 0.15) is 18.9 Å². The highest BCUT2D eigenvalue weighted by Crippen LogP contribution is 2.15. The smallest absolute Gasteiger partial charge is 0.119 e. The van der Waals surface area contributed by atoms with Gasteiger partial charge in [-0.2, -0.15) is 0 Å². The molecule has 0 saturated heterocycles. The van der Waals surface area contributed by atoms with Crippen molar-refractivity contribution in [1.29, 1.82) is 0 Å². The summed E-state index contributed by atoms with van der Waals surface area (Å²) in [6, 6.07) is 18.7. The Morgan fingerprint density at radius 3 is 2.36 bits per heavy atom. The maximum absolute atomic E-state index is 5.57. The number of rotatable bonds is 10. The molecule has 0 aliphatic rings. The van der Waals surface area contributed by atoms with Crippen molar-refractivity contribution < 1.29 is 4.74 Å². The molecular formula is C19H26N2O. The predicted molar refractivity (Wildman–Crippen MR) is 93.7 cm³/mol. The molecule has 0 atom stereocenters. The SMILES string of the molecule is CCCOc1ccc(NCCNCCc2ccccc2)cc1. The molecule has 118 valence electrons. The van der Waals surface area contributed by atoms with Gasteiger partial charge in [-0.25, -0.2) is 0 Å². The lowest BCUT2D eigenvalue weighted by Crippen LogP contribution is -2.24. The number of anilines is 1. The van der Waals surface area contributed by atoms with Crippen LogP contribution in [0.5, 0.6) is 5.75 Å². The first-order chi connectivity index (χ1) is 10.9. The molecule has 0 spiro atoms. The fourth-order valence-electron chi connectivity index (χ4n) is 2.19. The molecule has 0 aromatic heterocycles. The third-order valence-electron chi connectivity index (χ3n) is 3.39. The minimum absolute atomic E-state index is 0.776. The van der Waals surface area contributed by atoms with Gasteiger partial charge in [-0.1, -0.05) is 37.3 Å². The zero-order valence-corrected chi connectivity index (χ0v) is 13.3. The van der Waals surface area contributed by atoms with E-state index in [0.29, 0.717) is 0 Å². The van der Waals surface area contributed by atoms with E-state index in [9.17, 15) is 0 Å². The van der Waals surface area contributed by atoms with Gasteiger partial charge in [-0.05, 0) is 49.2 Å². The third-order valence-corrected chi connectivity index (χ3v) is 3.39. The monoisotopic (exact) mass is 298 g/mol. The molecule has 2 aromatic carbocycles. The van der Waals surface area contributed by atoms with E-state index in [2.05, 4.69) is 60.0 Å². The molecule has 0 aliphatic heterocycles. The third kappa shape index (κ3) is 6.19. The summed E-state index contributed by atoms with van der Waals surface area (Å²) in [6.45, 7) is 5.78. The average molecular weight is 298 g/mol. The Bertz CT molecular complexity index is 511. The summed E-state index contributed by atoms with van der Waals surface area (Å²) >= 11 is 0. The molecule has 2 rings (SSSR count). The number of ether oxygens (including phenoxy) is 1. The molecule has 0 heterocycles. The molecule has 0 radical (unpaired) electrons. The van der Waals surface area contributed by atoms with Crippen LogP contribution in [0.15, 0.2) is 54.6 Å². The first kappa shape index (κ1) is 16.4. The largest absolute Gasteiger partial charge is 0.494 e. The second-order valence-electron chi connectivity index (χ2n) is 5.29. The van der Waals surface area contributed by atoms with Crippen LogP contribution in [0.2, 0.25) is 0 Å². The van der Waals surface area contributed by atoms with Crippen LogP contribution in [-0.4, -0.2) is 26.2 Å². The topological polar surface area (TPSA) is 33.3 Å². The fourth-order valence-corrected chi connectivity index (χ4v) is 2.19. The molecule has 0 bridgehead atoms. The van der Waals surface area contributed by atoms with Crippen LogP contribution in [0.25, 0.3) is 0 Å². The van der Waals surface area contributed by atoms with Crippen LogP contribution in [0, 0.1) is 0 Å². The van der Waals surface area contributed by atoms with E-state index in [-0.39, 0.29) is 0 Å². The lowest BCUT2D eigenvalue weighted by molar-refractivity contribution is 0.317. The van der Waals surface area contributed by atoms with E-state index in [0.717, 1.165) is 50.5 Å². The zero-order chi connectivity index (χ0) is 15.5. The maximum atomic E-state index is 5.57. The van der Waals surface area contributed by atoms with Gasteiger partial charge in [-0.15, -0.1) is 0 Å². The van der Waals surface area contributed by atoms with Crippen LogP contribution < -0.4 is 15.4 Å². The normalized spacial score (nSPS) is 10.4. The Balaban J connectivity index is 1.56. The second-order valence-corrected chi connectivity index (χ2v) is 5.29. The van der Waals surface area contributed by atoms with Gasteiger partial charge in [0.25, 0.3) is 0 Å². The van der Waals surface area contributed by atoms with Gasteiger partial charge < -0.3 is 15.4 Å². The Kier molecular flexibility index (Phi) is 7.33. The molecular weight excluding hydrogens is 272 g/mol. The quantitative estimate of drug-likeness (QED) is 0.656. The van der Waals surface area contributed by atoms with Crippen molar-refractivity contribution in [3.8, 4) is 5.75 Å². The molecule has 3 heteroatoms. The fraction of sp³-hybridized carbons (Fsp3) is 0.368. The summed E-state index contributed by atoms with van der Waals surface area (Å²) in [6.07, 6.45) is 2.11. The minimum Gasteiger partial charge on any atom is -0.494 e. The van der Waals surface area contributed by atoms with Gasteiger partial charge in [0.05, 0.1) is 6.61 Å². The summed E-state index contributed by atoms with van der Waals surface area (Å²) in [4.78, 5) is 0. The highest BCUT2D eigenvalue weighted by molar-refractivity contribution is 5.46. The minimum atomic E-state index is 0.776. The lowest BCUT2D eigenvalue weighted by atomic mass is 10.1. The van der Waals surface area contributed by atoms with Crippen molar-refractivity contribution >= 4 is 5.69 Å². The van der Waals surface area contributed by atoms with Crippen molar-refractivity contribution in [2.24, 2.45) is 0 Å². The summed E-state index contributed by atoms with van der Waals surface area (Å²) < 4.78 is 5.57. The number of benzene rings is 2. The van der Waals surface area contributed by atoms with Gasteiger partial charge in [0.15, 0.2) is 0 Å². The number of hydrogen-bond acceptors (Lipinski definition) is 3. The standard InChI is InChI=1S/C19H26N2O/c1-2-16-22-19-10-8-18(9-11-19)21-15-14-20-13-12-17-6-4-3-5-7-17/h3-11,20-21H,2,12-16H2,1H3. The van der Waals surface area contributed by atoms with Gasteiger partial charge in [0.2, 0.25) is 0 Å². The van der Waals surface area contributed by atoms with Crippen LogP contribution >= 0.6 is 0 Å². The first-order valence-electron chi connectivity index (χ1n) is 8.10. The zero-order valence-electron chi connectivity index (χ0n) is 13.3. The van der Waals surface area contributed by atoms with Gasteiger partial charge in [-0.3, -0.25) is 0 Å². The average Bonchev–Trinajstić information content (AvgIpc) is 2.58. The predicted octanol–water partition coefficient (Wildman–Crippen LogP) is 3.72. The second kappa shape index (κ2) is 9.85. The van der Waals surface area contributed by atoms with Crippen molar-refractivity contribution in [2.45, 2.75) is 19.8 Å².